The summed E-state index contributed by atoms with van der Waals surface area (Å²) in [7, 11) is 2.95. The third-order valence-electron chi connectivity index (χ3n) is 3.20. The first-order valence-electron chi connectivity index (χ1n) is 6.71. The van der Waals surface area contributed by atoms with Gasteiger partial charge in [0, 0.05) is 13.6 Å². The minimum absolute atomic E-state index is 0.151. The van der Waals surface area contributed by atoms with Crippen molar-refractivity contribution in [1.29, 1.82) is 5.26 Å². The molecule has 0 atom stereocenters. The van der Waals surface area contributed by atoms with Crippen LogP contribution >= 0.6 is 0 Å². The maximum absolute atomic E-state index is 12.4. The number of hydrogen-bond donors (Lipinski definition) is 0. The number of nitriles is 1. The highest BCUT2D eigenvalue weighted by Gasteiger charge is 2.38. The molecule has 0 rings (SSSR count). The first kappa shape index (κ1) is 17.4. The van der Waals surface area contributed by atoms with Crippen LogP contribution in [0.1, 0.15) is 46.0 Å². The molecular weight excluding hydrogens is 244 g/mol. The van der Waals surface area contributed by atoms with Crippen molar-refractivity contribution >= 4 is 11.9 Å². The highest BCUT2D eigenvalue weighted by Crippen LogP contribution is 2.31. The van der Waals surface area contributed by atoms with Crippen LogP contribution in [0.3, 0.4) is 0 Å². The standard InChI is InChI=1S/C14H24N2O3/c1-5-8-14(11-15,9-6-2)13(18)16(3)10-7-12(17)19-4/h5-10H2,1-4H3. The second-order valence-corrected chi connectivity index (χ2v) is 4.75. The Balaban J connectivity index is 4.79. The van der Waals surface area contributed by atoms with E-state index in [0.717, 1.165) is 12.8 Å². The first-order valence-corrected chi connectivity index (χ1v) is 6.71. The molecule has 5 nitrogen and oxygen atoms in total. The lowest BCUT2D eigenvalue weighted by molar-refractivity contribution is -0.143. The number of carbonyl (C=O) groups excluding carboxylic acids is 2. The third-order valence-corrected chi connectivity index (χ3v) is 3.20. The second-order valence-electron chi connectivity index (χ2n) is 4.75. The lowest BCUT2D eigenvalue weighted by atomic mass is 9.79. The second kappa shape index (κ2) is 8.52. The molecule has 0 fully saturated rings. The molecule has 108 valence electrons. The Morgan fingerprint density at radius 2 is 1.79 bits per heavy atom. The van der Waals surface area contributed by atoms with Crippen molar-refractivity contribution in [2.24, 2.45) is 5.41 Å². The summed E-state index contributed by atoms with van der Waals surface area (Å²) in [4.78, 5) is 25.0. The number of amides is 1. The molecular formula is C14H24N2O3. The number of methoxy groups -OCH3 is 1. The van der Waals surface area contributed by atoms with E-state index in [1.54, 1.807) is 7.05 Å². The Hall–Kier alpha value is -1.57. The van der Waals surface area contributed by atoms with Gasteiger partial charge in [-0.05, 0) is 12.8 Å². The maximum Gasteiger partial charge on any atom is 0.307 e. The Morgan fingerprint density at radius 1 is 1.26 bits per heavy atom. The van der Waals surface area contributed by atoms with Gasteiger partial charge in [0.25, 0.3) is 0 Å². The predicted molar refractivity (Wildman–Crippen MR) is 72.1 cm³/mol. The molecule has 0 aliphatic carbocycles. The molecule has 0 aromatic heterocycles. The molecule has 0 spiro atoms. The summed E-state index contributed by atoms with van der Waals surface area (Å²) in [5, 5.41) is 9.39. The Kier molecular flexibility index (Phi) is 7.81. The van der Waals surface area contributed by atoms with Crippen LogP contribution in [0.2, 0.25) is 0 Å². The molecule has 0 saturated heterocycles. The molecule has 19 heavy (non-hydrogen) atoms. The largest absolute Gasteiger partial charge is 0.469 e. The number of hydrogen-bond acceptors (Lipinski definition) is 4. The molecule has 0 unspecified atom stereocenters. The van der Waals surface area contributed by atoms with E-state index in [-0.39, 0.29) is 24.8 Å². The van der Waals surface area contributed by atoms with Gasteiger partial charge in [0.2, 0.25) is 5.91 Å². The van der Waals surface area contributed by atoms with Crippen molar-refractivity contribution in [3.05, 3.63) is 0 Å². The summed E-state index contributed by atoms with van der Waals surface area (Å²) in [6.45, 7) is 4.20. The van der Waals surface area contributed by atoms with Gasteiger partial charge < -0.3 is 9.64 Å². The van der Waals surface area contributed by atoms with Crippen LogP contribution in [0, 0.1) is 16.7 Å². The number of ether oxygens (including phenoxy) is 1. The third kappa shape index (κ3) is 4.90. The summed E-state index contributed by atoms with van der Waals surface area (Å²) in [6, 6.07) is 2.19. The molecule has 0 saturated carbocycles. The Labute approximate surface area is 115 Å². The van der Waals surface area contributed by atoms with Crippen LogP contribution < -0.4 is 0 Å². The first-order chi connectivity index (χ1) is 8.97. The minimum Gasteiger partial charge on any atom is -0.469 e. The molecule has 0 aromatic carbocycles. The molecule has 0 aliphatic heterocycles. The van der Waals surface area contributed by atoms with E-state index < -0.39 is 5.41 Å². The van der Waals surface area contributed by atoms with Crippen LogP contribution in [0.5, 0.6) is 0 Å². The van der Waals surface area contributed by atoms with Crippen LogP contribution in [-0.2, 0) is 14.3 Å². The Morgan fingerprint density at radius 3 is 2.16 bits per heavy atom. The van der Waals surface area contributed by atoms with E-state index in [1.165, 1.54) is 12.0 Å². The Bertz CT molecular complexity index is 341. The predicted octanol–water partition coefficient (Wildman–Crippen LogP) is 2.12. The van der Waals surface area contributed by atoms with Gasteiger partial charge in [-0.3, -0.25) is 9.59 Å². The quantitative estimate of drug-likeness (QED) is 0.632. The lowest BCUT2D eigenvalue weighted by Gasteiger charge is -2.29. The molecule has 0 N–H and O–H groups in total. The van der Waals surface area contributed by atoms with E-state index in [4.69, 9.17) is 0 Å². The molecule has 0 radical (unpaired) electrons. The minimum atomic E-state index is -0.950. The molecule has 5 heteroatoms. The summed E-state index contributed by atoms with van der Waals surface area (Å²) in [6.07, 6.45) is 2.82. The highest BCUT2D eigenvalue weighted by atomic mass is 16.5. The lowest BCUT2D eigenvalue weighted by Crippen LogP contribution is -2.42. The van der Waals surface area contributed by atoms with Gasteiger partial charge in [0.15, 0.2) is 0 Å². The van der Waals surface area contributed by atoms with E-state index in [1.807, 2.05) is 13.8 Å². The van der Waals surface area contributed by atoms with Crippen LogP contribution in [0.15, 0.2) is 0 Å². The smallest absolute Gasteiger partial charge is 0.307 e. The summed E-state index contributed by atoms with van der Waals surface area (Å²) in [5.41, 5.74) is -0.950. The van der Waals surface area contributed by atoms with Crippen LogP contribution in [-0.4, -0.2) is 37.5 Å². The van der Waals surface area contributed by atoms with E-state index in [2.05, 4.69) is 10.8 Å². The number of rotatable bonds is 8. The normalized spacial score (nSPS) is 10.7. The van der Waals surface area contributed by atoms with Crippen LogP contribution in [0.25, 0.3) is 0 Å². The average molecular weight is 268 g/mol. The maximum atomic E-state index is 12.4. The molecule has 0 aliphatic rings. The van der Waals surface area contributed by atoms with Gasteiger partial charge in [-0.1, -0.05) is 26.7 Å². The summed E-state index contributed by atoms with van der Waals surface area (Å²) in [5.74, 6) is -0.546. The van der Waals surface area contributed by atoms with E-state index in [9.17, 15) is 14.9 Å². The fourth-order valence-corrected chi connectivity index (χ4v) is 2.18. The van der Waals surface area contributed by atoms with E-state index in [0.29, 0.717) is 12.8 Å². The van der Waals surface area contributed by atoms with Crippen molar-refractivity contribution in [2.75, 3.05) is 20.7 Å². The fourth-order valence-electron chi connectivity index (χ4n) is 2.18. The summed E-state index contributed by atoms with van der Waals surface area (Å²) >= 11 is 0. The topological polar surface area (TPSA) is 70.4 Å². The molecule has 1 amide bonds. The molecule has 0 bridgehead atoms. The zero-order valence-corrected chi connectivity index (χ0v) is 12.4. The monoisotopic (exact) mass is 268 g/mol. The van der Waals surface area contributed by atoms with Crippen molar-refractivity contribution in [2.45, 2.75) is 46.0 Å². The summed E-state index contributed by atoms with van der Waals surface area (Å²) < 4.78 is 4.55. The van der Waals surface area contributed by atoms with Crippen molar-refractivity contribution in [1.82, 2.24) is 4.90 Å². The van der Waals surface area contributed by atoms with Gasteiger partial charge in [0.1, 0.15) is 5.41 Å². The average Bonchev–Trinajstić information content (AvgIpc) is 2.42. The van der Waals surface area contributed by atoms with Crippen LogP contribution in [0.4, 0.5) is 0 Å². The van der Waals surface area contributed by atoms with Gasteiger partial charge in [0.05, 0.1) is 19.6 Å². The van der Waals surface area contributed by atoms with Gasteiger partial charge in [-0.25, -0.2) is 0 Å². The van der Waals surface area contributed by atoms with Crippen molar-refractivity contribution < 1.29 is 14.3 Å². The molecule has 0 aromatic rings. The number of carbonyl (C=O) groups is 2. The SMILES string of the molecule is CCCC(C#N)(CCC)C(=O)N(C)CCC(=O)OC. The van der Waals surface area contributed by atoms with Crippen molar-refractivity contribution in [3.63, 3.8) is 0 Å². The fraction of sp³-hybridized carbons (Fsp3) is 0.786. The van der Waals surface area contributed by atoms with Gasteiger partial charge in [-0.15, -0.1) is 0 Å². The number of esters is 1. The van der Waals surface area contributed by atoms with Gasteiger partial charge in [-0.2, -0.15) is 5.26 Å². The van der Waals surface area contributed by atoms with E-state index >= 15 is 0 Å². The molecule has 0 heterocycles. The van der Waals surface area contributed by atoms with Gasteiger partial charge >= 0.3 is 5.97 Å². The zero-order chi connectivity index (χ0) is 14.9. The number of nitrogens with zero attached hydrogens (tertiary/aromatic N) is 2. The zero-order valence-electron chi connectivity index (χ0n) is 12.4. The highest BCUT2D eigenvalue weighted by molar-refractivity contribution is 5.85. The van der Waals surface area contributed by atoms with Crippen molar-refractivity contribution in [3.8, 4) is 6.07 Å².